The zero-order chi connectivity index (χ0) is 29.8. The number of rotatable bonds is 11. The number of fused-ring (bicyclic) bond motifs is 1. The van der Waals surface area contributed by atoms with Gasteiger partial charge in [0.15, 0.2) is 0 Å². The number of esters is 1. The van der Waals surface area contributed by atoms with E-state index in [2.05, 4.69) is 5.32 Å². The Morgan fingerprint density at radius 3 is 2.46 bits per heavy atom. The Morgan fingerprint density at radius 1 is 1.12 bits per heavy atom. The van der Waals surface area contributed by atoms with Crippen LogP contribution in [-0.2, 0) is 34.9 Å². The number of amides is 2. The van der Waals surface area contributed by atoms with Gasteiger partial charge in [-0.25, -0.2) is 13.2 Å². The van der Waals surface area contributed by atoms with E-state index in [1.54, 1.807) is 30.3 Å². The lowest BCUT2D eigenvalue weighted by Gasteiger charge is -2.41. The van der Waals surface area contributed by atoms with E-state index in [0.29, 0.717) is 44.1 Å². The van der Waals surface area contributed by atoms with Crippen LogP contribution in [0.1, 0.15) is 63.9 Å². The smallest absolute Gasteiger partial charge is 0.368 e. The van der Waals surface area contributed by atoms with Crippen LogP contribution in [0.2, 0.25) is 0 Å². The van der Waals surface area contributed by atoms with Crippen molar-refractivity contribution in [3.05, 3.63) is 35.9 Å². The Hall–Kier alpha value is -2.58. The van der Waals surface area contributed by atoms with Gasteiger partial charge in [0.2, 0.25) is 21.8 Å². The molecule has 12 nitrogen and oxygen atoms in total. The number of unbranched alkanes of at least 4 members (excludes halogenated alkanes) is 1. The van der Waals surface area contributed by atoms with Crippen molar-refractivity contribution in [2.45, 2.75) is 94.0 Å². The second kappa shape index (κ2) is 13.2. The normalized spacial score (nSPS) is 26.3. The summed E-state index contributed by atoms with van der Waals surface area (Å²) in [6.07, 6.45) is 4.13. The number of piperazine rings is 1. The lowest BCUT2D eigenvalue weighted by molar-refractivity contribution is -0.225. The zero-order valence-electron chi connectivity index (χ0n) is 23.5. The first-order valence-corrected chi connectivity index (χ1v) is 16.1. The molecule has 41 heavy (non-hydrogen) atoms. The van der Waals surface area contributed by atoms with Crippen LogP contribution in [0.15, 0.2) is 30.3 Å². The van der Waals surface area contributed by atoms with Gasteiger partial charge in [-0.3, -0.25) is 9.59 Å². The van der Waals surface area contributed by atoms with Gasteiger partial charge in [0.25, 0.3) is 5.79 Å². The van der Waals surface area contributed by atoms with Crippen molar-refractivity contribution < 1.29 is 37.8 Å². The van der Waals surface area contributed by atoms with Crippen molar-refractivity contribution in [1.29, 1.82) is 0 Å². The van der Waals surface area contributed by atoms with Crippen LogP contribution >= 0.6 is 0 Å². The minimum Gasteiger partial charge on any atom is -0.462 e. The standard InChI is InChI=1S/C28H42N4O8S/c1-2-3-15-40-27(35)28(36,37)25(20-9-11-21(29)12-10-20)30-26(34)23-14-13-22-16-31(17-24(33)32(22)23)41(38,39)18-19-7-5-4-6-8-19/h4-8,20-23,25,36-37H,2-3,9-18,29H2,1H3,(H,30,34)/t20?,21?,22-,23-,25-/m0/s1. The summed E-state index contributed by atoms with van der Waals surface area (Å²) in [5.74, 6) is -5.98. The first-order valence-electron chi connectivity index (χ1n) is 14.4. The molecule has 0 unspecified atom stereocenters. The summed E-state index contributed by atoms with van der Waals surface area (Å²) in [5.41, 5.74) is 6.64. The predicted molar refractivity (Wildman–Crippen MR) is 149 cm³/mol. The second-order valence-corrected chi connectivity index (χ2v) is 13.4. The molecule has 13 heteroatoms. The fourth-order valence-electron chi connectivity index (χ4n) is 6.13. The first kappa shape index (κ1) is 31.4. The molecule has 3 atom stereocenters. The third-order valence-electron chi connectivity index (χ3n) is 8.46. The third-order valence-corrected chi connectivity index (χ3v) is 10.2. The Balaban J connectivity index is 1.46. The number of nitrogens with two attached hydrogens (primary N) is 1. The molecule has 2 saturated heterocycles. The molecule has 2 amide bonds. The van der Waals surface area contributed by atoms with E-state index in [9.17, 15) is 33.0 Å². The molecule has 0 spiro atoms. The fourth-order valence-corrected chi connectivity index (χ4v) is 7.64. The molecule has 2 aliphatic heterocycles. The van der Waals surface area contributed by atoms with Gasteiger partial charge in [0.05, 0.1) is 24.9 Å². The maximum absolute atomic E-state index is 13.6. The zero-order valence-corrected chi connectivity index (χ0v) is 24.3. The van der Waals surface area contributed by atoms with Gasteiger partial charge in [-0.05, 0) is 56.4 Å². The monoisotopic (exact) mass is 594 g/mol. The van der Waals surface area contributed by atoms with E-state index < -0.39 is 57.6 Å². The van der Waals surface area contributed by atoms with E-state index in [1.165, 1.54) is 9.21 Å². The number of sulfonamides is 1. The number of ether oxygens (including phenoxy) is 1. The van der Waals surface area contributed by atoms with Crippen molar-refractivity contribution in [1.82, 2.24) is 14.5 Å². The van der Waals surface area contributed by atoms with Crippen LogP contribution in [0.25, 0.3) is 0 Å². The molecule has 1 aromatic carbocycles. The topological polar surface area (TPSA) is 180 Å². The molecule has 5 N–H and O–H groups in total. The van der Waals surface area contributed by atoms with Crippen molar-refractivity contribution in [2.75, 3.05) is 19.7 Å². The highest BCUT2D eigenvalue weighted by molar-refractivity contribution is 7.88. The Kier molecular flexibility index (Phi) is 10.1. The molecule has 2 heterocycles. The van der Waals surface area contributed by atoms with Crippen LogP contribution in [0.4, 0.5) is 0 Å². The van der Waals surface area contributed by atoms with Gasteiger partial charge in [-0.15, -0.1) is 0 Å². The number of aliphatic hydroxyl groups is 2. The Morgan fingerprint density at radius 2 is 1.80 bits per heavy atom. The van der Waals surface area contributed by atoms with Crippen molar-refractivity contribution in [2.24, 2.45) is 11.7 Å². The van der Waals surface area contributed by atoms with Crippen LogP contribution in [0, 0.1) is 5.92 Å². The van der Waals surface area contributed by atoms with Gasteiger partial charge >= 0.3 is 5.97 Å². The lowest BCUT2D eigenvalue weighted by atomic mass is 9.78. The number of nitrogens with zero attached hydrogens (tertiary/aromatic N) is 2. The summed E-state index contributed by atoms with van der Waals surface area (Å²) < 4.78 is 32.4. The van der Waals surface area contributed by atoms with Gasteiger partial charge in [0.1, 0.15) is 6.04 Å². The summed E-state index contributed by atoms with van der Waals surface area (Å²) >= 11 is 0. The van der Waals surface area contributed by atoms with Crippen molar-refractivity contribution in [3.63, 3.8) is 0 Å². The number of nitrogens with one attached hydrogen (secondary N) is 1. The highest BCUT2D eigenvalue weighted by atomic mass is 32.2. The molecule has 3 aliphatic rings. The van der Waals surface area contributed by atoms with Crippen LogP contribution < -0.4 is 11.1 Å². The Labute approximate surface area is 241 Å². The summed E-state index contributed by atoms with van der Waals surface area (Å²) in [6, 6.07) is 5.90. The maximum Gasteiger partial charge on any atom is 0.368 e. The molecule has 4 rings (SSSR count). The highest BCUT2D eigenvalue weighted by Gasteiger charge is 2.52. The van der Waals surface area contributed by atoms with E-state index >= 15 is 0 Å². The van der Waals surface area contributed by atoms with Gasteiger partial charge in [-0.1, -0.05) is 43.7 Å². The van der Waals surface area contributed by atoms with E-state index in [1.807, 2.05) is 6.92 Å². The van der Waals surface area contributed by atoms with Crippen LogP contribution in [-0.4, -0.2) is 95.3 Å². The van der Waals surface area contributed by atoms with Gasteiger partial charge in [0, 0.05) is 18.6 Å². The summed E-state index contributed by atoms with van der Waals surface area (Å²) in [4.78, 5) is 40.9. The number of hydrogen-bond donors (Lipinski definition) is 4. The SMILES string of the molecule is CCCCOC(=O)C(O)(O)[C@@H](NC(=O)[C@@H]1CC[C@H]2CN(S(=O)(=O)Cc3ccccc3)CC(=O)N21)C1CCC(N)CC1. The minimum absolute atomic E-state index is 0.0185. The third kappa shape index (κ3) is 7.26. The van der Waals surface area contributed by atoms with Gasteiger partial charge < -0.3 is 30.9 Å². The molecular formula is C28H42N4O8S. The number of hydrogen-bond acceptors (Lipinski definition) is 9. The summed E-state index contributed by atoms with van der Waals surface area (Å²) in [7, 11) is -3.76. The minimum atomic E-state index is -3.76. The van der Waals surface area contributed by atoms with Gasteiger partial charge in [-0.2, -0.15) is 4.31 Å². The number of carbonyl (C=O) groups excluding carboxylic acids is 3. The first-order chi connectivity index (χ1) is 19.4. The molecule has 3 fully saturated rings. The lowest BCUT2D eigenvalue weighted by Crippen LogP contribution is -2.65. The highest BCUT2D eigenvalue weighted by Crippen LogP contribution is 2.33. The molecule has 0 aromatic heterocycles. The quantitative estimate of drug-likeness (QED) is 0.158. The van der Waals surface area contributed by atoms with Crippen molar-refractivity contribution in [3.8, 4) is 0 Å². The largest absolute Gasteiger partial charge is 0.462 e. The average molecular weight is 595 g/mol. The number of carbonyl (C=O) groups is 3. The van der Waals surface area contributed by atoms with Crippen molar-refractivity contribution >= 4 is 27.8 Å². The average Bonchev–Trinajstić information content (AvgIpc) is 3.37. The molecule has 0 bridgehead atoms. The molecular weight excluding hydrogens is 552 g/mol. The second-order valence-electron chi connectivity index (χ2n) is 11.5. The predicted octanol–water partition coefficient (Wildman–Crippen LogP) is 0.218. The van der Waals surface area contributed by atoms with Crippen LogP contribution in [0.3, 0.4) is 0 Å². The van der Waals surface area contributed by atoms with Crippen LogP contribution in [0.5, 0.6) is 0 Å². The Bertz CT molecular complexity index is 1190. The molecule has 1 aliphatic carbocycles. The van der Waals surface area contributed by atoms with E-state index in [0.717, 1.165) is 6.42 Å². The summed E-state index contributed by atoms with van der Waals surface area (Å²) in [5, 5.41) is 24.6. The molecule has 228 valence electrons. The molecule has 1 aromatic rings. The maximum atomic E-state index is 13.6. The van der Waals surface area contributed by atoms with E-state index in [4.69, 9.17) is 10.5 Å². The fraction of sp³-hybridized carbons (Fsp3) is 0.679. The number of benzene rings is 1. The van der Waals surface area contributed by atoms with E-state index in [-0.39, 0.29) is 37.9 Å². The summed E-state index contributed by atoms with van der Waals surface area (Å²) in [6.45, 7) is 1.61. The molecule has 1 saturated carbocycles. The molecule has 0 radical (unpaired) electrons.